The molecular formula is C41H33NO13. The summed E-state index contributed by atoms with van der Waals surface area (Å²) in [6, 6.07) is 36.3. The maximum Gasteiger partial charge on any atom is 0.340 e. The van der Waals surface area contributed by atoms with Crippen molar-refractivity contribution in [3.05, 3.63) is 179 Å². The van der Waals surface area contributed by atoms with Crippen molar-refractivity contribution in [2.75, 3.05) is 6.61 Å². The largest absolute Gasteiger partial charge is 0.595 e. The lowest BCUT2D eigenvalue weighted by molar-refractivity contribution is -0.991. The average Bonchev–Trinajstić information content (AvgIpc) is 3.55. The molecule has 6 unspecified atom stereocenters. The van der Waals surface area contributed by atoms with Crippen molar-refractivity contribution in [3.8, 4) is 0 Å². The quantitative estimate of drug-likeness (QED) is 0.0974. The number of carbonyl (C=O) groups is 5. The first kappa shape index (κ1) is 38.0. The maximum atomic E-state index is 13.6. The highest BCUT2D eigenvalue weighted by Gasteiger charge is 2.56. The van der Waals surface area contributed by atoms with Gasteiger partial charge in [0.1, 0.15) is 12.7 Å². The molecule has 5 aromatic rings. The number of rotatable bonds is 13. The standard InChI is InChI=1S/C41H33NO13/c43-36(26-13-5-1-6-14-26)50-25-32(51-37(44)27-15-7-2-8-16-27)33-34(52-38(45)28-17-9-3-10-18-28)35(53-39(46)29-19-11-4-12-20-29)41(54-33)55-40(47)30-21-23-31(24-22-30)42(48)49/h1-24,32-35,41-42,48H,25H2. The fourth-order valence-electron chi connectivity index (χ4n) is 5.55. The summed E-state index contributed by atoms with van der Waals surface area (Å²) in [6.07, 6.45) is -8.26. The summed E-state index contributed by atoms with van der Waals surface area (Å²) in [4.78, 5) is 67.3. The van der Waals surface area contributed by atoms with Crippen molar-refractivity contribution in [3.63, 3.8) is 0 Å². The van der Waals surface area contributed by atoms with Crippen LogP contribution in [0.15, 0.2) is 146 Å². The first-order chi connectivity index (χ1) is 26.7. The summed E-state index contributed by atoms with van der Waals surface area (Å²) in [5, 5.41) is 19.5. The Bertz CT molecular complexity index is 2080. The lowest BCUT2D eigenvalue weighted by Gasteiger charge is -2.28. The van der Waals surface area contributed by atoms with Crippen LogP contribution in [0.5, 0.6) is 0 Å². The molecule has 0 saturated carbocycles. The molecule has 0 aliphatic carbocycles. The van der Waals surface area contributed by atoms with E-state index in [1.807, 2.05) is 0 Å². The Kier molecular flexibility index (Phi) is 12.4. The highest BCUT2D eigenvalue weighted by atomic mass is 16.8. The zero-order chi connectivity index (χ0) is 38.7. The molecule has 1 fully saturated rings. The van der Waals surface area contributed by atoms with Gasteiger partial charge in [-0.3, -0.25) is 0 Å². The molecule has 14 heteroatoms. The van der Waals surface area contributed by atoms with Crippen LogP contribution in [0.25, 0.3) is 0 Å². The molecule has 55 heavy (non-hydrogen) atoms. The molecule has 6 rings (SSSR count). The van der Waals surface area contributed by atoms with Crippen molar-refractivity contribution in [2.45, 2.75) is 30.7 Å². The molecule has 0 bridgehead atoms. The molecule has 0 radical (unpaired) electrons. The zero-order valence-corrected chi connectivity index (χ0v) is 28.8. The van der Waals surface area contributed by atoms with Crippen LogP contribution < -0.4 is 5.23 Å². The van der Waals surface area contributed by atoms with E-state index in [9.17, 15) is 34.4 Å². The molecule has 280 valence electrons. The Morgan fingerprint density at radius 1 is 0.545 bits per heavy atom. The van der Waals surface area contributed by atoms with Crippen molar-refractivity contribution in [1.29, 1.82) is 0 Å². The van der Waals surface area contributed by atoms with Crippen molar-refractivity contribution >= 4 is 35.5 Å². The number of esters is 5. The lowest BCUT2D eigenvalue weighted by atomic mass is 10.0. The molecule has 1 heterocycles. The molecule has 6 atom stereocenters. The molecule has 1 saturated heterocycles. The van der Waals surface area contributed by atoms with E-state index in [2.05, 4.69) is 0 Å². The van der Waals surface area contributed by atoms with Crippen LogP contribution >= 0.6 is 0 Å². The fourth-order valence-corrected chi connectivity index (χ4v) is 5.55. The first-order valence-electron chi connectivity index (χ1n) is 16.9. The number of carbonyl (C=O) groups excluding carboxylic acids is 5. The van der Waals surface area contributed by atoms with Gasteiger partial charge in [0.15, 0.2) is 17.9 Å². The van der Waals surface area contributed by atoms with E-state index in [0.717, 1.165) is 0 Å². The number of benzene rings is 5. The van der Waals surface area contributed by atoms with Crippen LogP contribution in [0.4, 0.5) is 5.69 Å². The third-order valence-electron chi connectivity index (χ3n) is 8.33. The molecule has 0 amide bonds. The number of nitrogens with one attached hydrogen (secondary N) is 1. The van der Waals surface area contributed by atoms with E-state index in [-0.39, 0.29) is 33.5 Å². The predicted octanol–water partition coefficient (Wildman–Crippen LogP) is 4.51. The summed E-state index contributed by atoms with van der Waals surface area (Å²) in [5.74, 6) is -4.47. The summed E-state index contributed by atoms with van der Waals surface area (Å²) < 4.78 is 35.2. The minimum absolute atomic E-state index is 0.0909. The van der Waals surface area contributed by atoms with E-state index in [1.165, 1.54) is 72.8 Å². The highest BCUT2D eigenvalue weighted by Crippen LogP contribution is 2.33. The normalized spacial score (nSPS) is 18.6. The Morgan fingerprint density at radius 2 is 0.945 bits per heavy atom. The van der Waals surface area contributed by atoms with Crippen LogP contribution in [-0.2, 0) is 28.4 Å². The third-order valence-corrected chi connectivity index (χ3v) is 8.33. The Balaban J connectivity index is 1.38. The summed E-state index contributed by atoms with van der Waals surface area (Å²) in [6.45, 7) is -0.646. The molecule has 1 aliphatic heterocycles. The van der Waals surface area contributed by atoms with Gasteiger partial charge in [-0.2, -0.15) is 5.23 Å². The fraction of sp³-hybridized carbons (Fsp3) is 0.146. The van der Waals surface area contributed by atoms with Gasteiger partial charge in [0, 0.05) is 12.1 Å². The van der Waals surface area contributed by atoms with Crippen LogP contribution in [0, 0.1) is 5.21 Å². The van der Waals surface area contributed by atoms with Gasteiger partial charge >= 0.3 is 29.8 Å². The summed E-state index contributed by atoms with van der Waals surface area (Å²) >= 11 is 0. The van der Waals surface area contributed by atoms with Crippen LogP contribution in [-0.4, -0.2) is 72.4 Å². The van der Waals surface area contributed by atoms with Gasteiger partial charge in [-0.05, 0) is 60.7 Å². The molecule has 1 aliphatic rings. The van der Waals surface area contributed by atoms with Crippen LogP contribution in [0.3, 0.4) is 0 Å². The molecule has 0 spiro atoms. The van der Waals surface area contributed by atoms with Gasteiger partial charge < -0.3 is 33.6 Å². The third kappa shape index (κ3) is 9.64. The second kappa shape index (κ2) is 17.9. The summed E-state index contributed by atoms with van der Waals surface area (Å²) in [7, 11) is 0. The molecular weight excluding hydrogens is 714 g/mol. The van der Waals surface area contributed by atoms with E-state index < -0.39 is 72.4 Å². The van der Waals surface area contributed by atoms with Crippen LogP contribution in [0.1, 0.15) is 51.8 Å². The highest BCUT2D eigenvalue weighted by molar-refractivity contribution is 5.92. The van der Waals surface area contributed by atoms with E-state index >= 15 is 0 Å². The average molecular weight is 748 g/mol. The maximum absolute atomic E-state index is 13.6. The smallest absolute Gasteiger partial charge is 0.340 e. The van der Waals surface area contributed by atoms with Gasteiger partial charge in [-0.1, -0.05) is 72.8 Å². The molecule has 0 aromatic heterocycles. The first-order valence-corrected chi connectivity index (χ1v) is 16.9. The molecule has 14 nitrogen and oxygen atoms in total. The monoisotopic (exact) mass is 747 g/mol. The van der Waals surface area contributed by atoms with Crippen molar-refractivity contribution in [2.24, 2.45) is 0 Å². The van der Waals surface area contributed by atoms with Crippen molar-refractivity contribution < 1.29 is 62.8 Å². The van der Waals surface area contributed by atoms with Gasteiger partial charge in [0.05, 0.1) is 27.8 Å². The SMILES string of the molecule is O=C(OCC(OC(=O)c1ccccc1)C1OC(OC(=O)c2ccc([NH+]([O-])O)cc2)C(OC(=O)c2ccccc2)C1OC(=O)c1ccccc1)c1ccccc1. The van der Waals surface area contributed by atoms with E-state index in [4.69, 9.17) is 28.4 Å². The Morgan fingerprint density at radius 3 is 1.42 bits per heavy atom. The number of quaternary nitrogens is 1. The van der Waals surface area contributed by atoms with Gasteiger partial charge in [0.2, 0.25) is 12.4 Å². The lowest BCUT2D eigenvalue weighted by Crippen LogP contribution is -2.99. The summed E-state index contributed by atoms with van der Waals surface area (Å²) in [5.41, 5.74) is 0.318. The number of hydrogen-bond donors (Lipinski definition) is 2. The van der Waals surface area contributed by atoms with E-state index in [1.54, 1.807) is 72.8 Å². The van der Waals surface area contributed by atoms with Crippen LogP contribution in [0.2, 0.25) is 0 Å². The van der Waals surface area contributed by atoms with E-state index in [0.29, 0.717) is 0 Å². The Labute approximate surface area is 313 Å². The predicted molar refractivity (Wildman–Crippen MR) is 190 cm³/mol. The molecule has 2 N–H and O–H groups in total. The second-order valence-corrected chi connectivity index (χ2v) is 12.0. The minimum Gasteiger partial charge on any atom is -0.595 e. The minimum atomic E-state index is -1.80. The molecule has 5 aromatic carbocycles. The number of ether oxygens (including phenoxy) is 6. The van der Waals surface area contributed by atoms with Gasteiger partial charge in [-0.15, -0.1) is 0 Å². The number of hydrogen-bond acceptors (Lipinski definition) is 13. The topological polar surface area (TPSA) is 188 Å². The Hall–Kier alpha value is -6.71. The second-order valence-electron chi connectivity index (χ2n) is 12.0. The zero-order valence-electron chi connectivity index (χ0n) is 28.8. The van der Waals surface area contributed by atoms with Gasteiger partial charge in [0.25, 0.3) is 0 Å². The van der Waals surface area contributed by atoms with Gasteiger partial charge in [-0.25, -0.2) is 29.2 Å². The van der Waals surface area contributed by atoms with Crippen molar-refractivity contribution in [1.82, 2.24) is 0 Å².